The van der Waals surface area contributed by atoms with Crippen molar-refractivity contribution in [2.45, 2.75) is 261 Å². The molecule has 1 heterocycles. The minimum Gasteiger partial charge on any atom is -0.481 e. The third-order valence-corrected chi connectivity index (χ3v) is 23.9. The Kier molecular flexibility index (Phi) is 19.5. The van der Waals surface area contributed by atoms with E-state index in [0.29, 0.717) is 51.4 Å². The summed E-state index contributed by atoms with van der Waals surface area (Å²) in [4.78, 5) is 75.8. The number of aliphatic hydroxyl groups excluding tert-OH is 2. The Labute approximate surface area is 473 Å². The number of rotatable bonds is 19. The van der Waals surface area contributed by atoms with Gasteiger partial charge in [0.05, 0.1) is 37.9 Å². The summed E-state index contributed by atoms with van der Waals surface area (Å²) in [6.07, 6.45) is 26.0. The number of carbonyl (C=O) groups is 6. The molecule has 9 aliphatic rings. The van der Waals surface area contributed by atoms with Gasteiger partial charge in [-0.15, -0.1) is 5.06 Å². The molecule has 3 N–H and O–H groups in total. The fourth-order valence-electron chi connectivity index (χ4n) is 19.1. The van der Waals surface area contributed by atoms with Crippen molar-refractivity contribution in [2.75, 3.05) is 0 Å². The number of ether oxygens (including phenoxy) is 2. The fourth-order valence-corrected chi connectivity index (χ4v) is 19.1. The highest BCUT2D eigenvalue weighted by Gasteiger charge is 2.61. The van der Waals surface area contributed by atoms with Crippen molar-refractivity contribution in [1.29, 1.82) is 0 Å². The van der Waals surface area contributed by atoms with Gasteiger partial charge in [0.2, 0.25) is 0 Å². The van der Waals surface area contributed by atoms with Crippen LogP contribution in [0.5, 0.6) is 0 Å². The summed E-state index contributed by atoms with van der Waals surface area (Å²) in [5, 5.41) is 30.1. The molecule has 0 spiro atoms. The van der Waals surface area contributed by atoms with Gasteiger partial charge in [0, 0.05) is 25.7 Å². The number of carboxylic acids is 1. The van der Waals surface area contributed by atoms with Crippen molar-refractivity contribution < 1.29 is 58.4 Å². The van der Waals surface area contributed by atoms with E-state index < -0.39 is 29.7 Å². The summed E-state index contributed by atoms with van der Waals surface area (Å²) in [6, 6.07) is 0. The maximum absolute atomic E-state index is 12.6. The molecule has 0 bridgehead atoms. The molecule has 8 aliphatic carbocycles. The number of aliphatic carboxylic acids is 1. The number of hydrogen-bond acceptors (Lipinski definition) is 11. The highest BCUT2D eigenvalue weighted by atomic mass is 16.7. The highest BCUT2D eigenvalue weighted by molar-refractivity contribution is 6.01. The van der Waals surface area contributed by atoms with E-state index in [4.69, 9.17) is 19.4 Å². The minimum atomic E-state index is -0.954. The van der Waals surface area contributed by atoms with Crippen molar-refractivity contribution in [3.8, 4) is 0 Å². The lowest BCUT2D eigenvalue weighted by molar-refractivity contribution is -0.197. The lowest BCUT2D eigenvalue weighted by atomic mass is 9.47. The topological polar surface area (TPSA) is 194 Å². The first-order valence-electron chi connectivity index (χ1n) is 31.7. The predicted octanol–water partition coefficient (Wildman–Crippen LogP) is 13.1. The quantitative estimate of drug-likeness (QED) is 0.0630. The van der Waals surface area contributed by atoms with Crippen LogP contribution >= 0.6 is 0 Å². The van der Waals surface area contributed by atoms with Crippen LogP contribution in [0.4, 0.5) is 0 Å². The summed E-state index contributed by atoms with van der Waals surface area (Å²) in [6.45, 7) is 23.4. The fraction of sp³-hybridized carbons (Fsp3) is 0.848. The first-order valence-corrected chi connectivity index (χ1v) is 31.7. The molecule has 6 saturated carbocycles. The first-order chi connectivity index (χ1) is 37.3. The molecule has 13 nitrogen and oxygen atoms in total. The molecule has 18 atom stereocenters. The number of allylic oxidation sites excluding steroid dienone is 2. The van der Waals surface area contributed by atoms with Gasteiger partial charge in [0.1, 0.15) is 12.2 Å². The molecule has 0 aromatic heterocycles. The molecule has 2 amide bonds. The number of carbonyl (C=O) groups excluding carboxylic acids is 5. The van der Waals surface area contributed by atoms with Crippen LogP contribution in [-0.2, 0) is 43.1 Å². The van der Waals surface area contributed by atoms with Crippen LogP contribution in [0.15, 0.2) is 23.3 Å². The molecule has 0 aromatic rings. The van der Waals surface area contributed by atoms with Crippen LogP contribution in [0.1, 0.15) is 236 Å². The van der Waals surface area contributed by atoms with E-state index in [1.807, 2.05) is 0 Å². The van der Waals surface area contributed by atoms with Crippen LogP contribution in [0.25, 0.3) is 0 Å². The Morgan fingerprint density at radius 2 is 0.949 bits per heavy atom. The minimum absolute atomic E-state index is 0.0379. The largest absolute Gasteiger partial charge is 0.481 e. The van der Waals surface area contributed by atoms with Gasteiger partial charge in [-0.25, -0.2) is 4.79 Å². The number of hydroxylamine groups is 2. The van der Waals surface area contributed by atoms with Gasteiger partial charge in [0.15, 0.2) is 0 Å². The molecule has 0 radical (unpaired) electrons. The number of imide groups is 1. The molecule has 444 valence electrons. The Morgan fingerprint density at radius 3 is 1.35 bits per heavy atom. The number of nitrogens with zero attached hydrogens (tertiary/aromatic N) is 1. The molecule has 1 aliphatic heterocycles. The Morgan fingerprint density at radius 1 is 0.544 bits per heavy atom. The number of hydrogen-bond donors (Lipinski definition) is 3. The molecule has 0 aromatic carbocycles. The summed E-state index contributed by atoms with van der Waals surface area (Å²) < 4.78 is 11.5. The second-order valence-corrected chi connectivity index (χ2v) is 28.9. The summed E-state index contributed by atoms with van der Waals surface area (Å²) >= 11 is 0. The monoisotopic (exact) mass is 1100 g/mol. The molecular weight excluding hydrogens is 999 g/mol. The SMILES string of the molecule is CC(CC[C@H](O)C(C)C)[C@H]1CCC2C3CC=C4C[C@@H](OC(=O)CCC(=O)O)CC[C@]4(C)C3CC[C@@]21C.CC(CC[C@H](O)C(C)C)[C@H]1CCC2C3CC=C4C[C@@H](OC(=O)CCC(=O)ON5C(=O)CCC5=O)CC[C@]4(C)C3CC[C@@]21C. The van der Waals surface area contributed by atoms with Crippen LogP contribution in [-0.4, -0.2) is 80.5 Å². The molecule has 79 heavy (non-hydrogen) atoms. The van der Waals surface area contributed by atoms with Crippen LogP contribution < -0.4 is 0 Å². The molecule has 9 rings (SSSR count). The number of carboxylic acid groups (broad SMARTS) is 1. The van der Waals surface area contributed by atoms with E-state index >= 15 is 0 Å². The lowest BCUT2D eigenvalue weighted by Gasteiger charge is -2.58. The zero-order chi connectivity index (χ0) is 57.4. The maximum Gasteiger partial charge on any atom is 0.333 e. The standard InChI is InChI=1S/C35H53NO7.C31H50O5/c1-21(2)29(37)11-6-22(3)26-9-10-27-25-8-7-23-20-24(16-18-34(23,4)28(25)17-19-35(26,27)5)42-32(40)14-15-33(41)43-36-30(38)12-13-31(36)39;1-19(2)27(32)11-6-20(3)24-9-10-25-23-8-7-21-18-22(36-29(35)13-12-28(33)34)14-16-30(21,4)26(23)15-17-31(24,25)5/h7,21-22,24-29,37H,6,8-20H2,1-5H3;7,19-20,22-27,32H,6,8-18H2,1-5H3,(H,33,34)/t22?,24-,25?,26+,27?,28?,29-,34-,35+;20?,22-,23?,24+,25?,26?,27-,30-,31+/m00/s1. The Hall–Kier alpha value is -3.58. The van der Waals surface area contributed by atoms with E-state index in [9.17, 15) is 39.0 Å². The van der Waals surface area contributed by atoms with E-state index in [1.54, 1.807) is 0 Å². The zero-order valence-electron chi connectivity index (χ0n) is 50.2. The molecule has 1 saturated heterocycles. The summed E-state index contributed by atoms with van der Waals surface area (Å²) in [5.41, 5.74) is 4.09. The number of aliphatic hydroxyl groups is 2. The number of amides is 2. The normalized spacial score (nSPS) is 38.0. The van der Waals surface area contributed by atoms with Gasteiger partial charge in [-0.3, -0.25) is 24.0 Å². The van der Waals surface area contributed by atoms with Crippen LogP contribution in [0.2, 0.25) is 0 Å². The maximum atomic E-state index is 12.6. The van der Waals surface area contributed by atoms with Gasteiger partial charge in [0.25, 0.3) is 11.8 Å². The van der Waals surface area contributed by atoms with Crippen LogP contribution in [0.3, 0.4) is 0 Å². The smallest absolute Gasteiger partial charge is 0.333 e. The zero-order valence-corrected chi connectivity index (χ0v) is 50.2. The van der Waals surface area contributed by atoms with Gasteiger partial charge in [-0.2, -0.15) is 0 Å². The third kappa shape index (κ3) is 13.0. The van der Waals surface area contributed by atoms with Crippen molar-refractivity contribution in [2.24, 2.45) is 92.7 Å². The lowest BCUT2D eigenvalue weighted by Crippen LogP contribution is -2.51. The number of fused-ring (bicyclic) bond motifs is 10. The number of esters is 2. The van der Waals surface area contributed by atoms with Crippen molar-refractivity contribution in [3.05, 3.63) is 23.3 Å². The summed E-state index contributed by atoms with van der Waals surface area (Å²) in [5.74, 6) is 4.26. The molecular formula is C66H103NO12. The van der Waals surface area contributed by atoms with Crippen molar-refractivity contribution in [3.63, 3.8) is 0 Å². The first kappa shape index (κ1) is 61.5. The Balaban J connectivity index is 0.000000211. The second-order valence-electron chi connectivity index (χ2n) is 28.9. The second kappa shape index (κ2) is 25.1. The van der Waals surface area contributed by atoms with E-state index in [0.717, 1.165) is 113 Å². The van der Waals surface area contributed by atoms with E-state index in [1.165, 1.54) is 62.5 Å². The van der Waals surface area contributed by atoms with Gasteiger partial charge < -0.3 is 29.6 Å². The predicted molar refractivity (Wildman–Crippen MR) is 302 cm³/mol. The molecule has 8 unspecified atom stereocenters. The van der Waals surface area contributed by atoms with E-state index in [-0.39, 0.29) is 79.7 Å². The van der Waals surface area contributed by atoms with Crippen molar-refractivity contribution >= 4 is 35.7 Å². The van der Waals surface area contributed by atoms with Gasteiger partial charge >= 0.3 is 23.9 Å². The average molecular weight is 1100 g/mol. The third-order valence-electron chi connectivity index (χ3n) is 23.9. The van der Waals surface area contributed by atoms with Gasteiger partial charge in [-0.05, 0) is 208 Å². The van der Waals surface area contributed by atoms with Gasteiger partial charge in [-0.1, -0.05) is 92.5 Å². The average Bonchev–Trinajstić information content (AvgIpc) is 4.25. The molecule has 13 heteroatoms. The highest BCUT2D eigenvalue weighted by Crippen LogP contribution is 2.69. The molecule has 7 fully saturated rings. The summed E-state index contributed by atoms with van der Waals surface area (Å²) in [7, 11) is 0. The van der Waals surface area contributed by atoms with Crippen LogP contribution in [0, 0.1) is 92.7 Å². The van der Waals surface area contributed by atoms with E-state index in [2.05, 4.69) is 81.4 Å². The van der Waals surface area contributed by atoms with Crippen molar-refractivity contribution in [1.82, 2.24) is 5.06 Å². The Bertz CT molecular complexity index is 2270.